The fourth-order valence-electron chi connectivity index (χ4n) is 1.21. The van der Waals surface area contributed by atoms with E-state index in [0.29, 0.717) is 17.4 Å². The van der Waals surface area contributed by atoms with Gasteiger partial charge in [0, 0.05) is 23.7 Å². The Labute approximate surface area is 95.9 Å². The van der Waals surface area contributed by atoms with E-state index in [1.54, 1.807) is 17.8 Å². The van der Waals surface area contributed by atoms with Crippen molar-refractivity contribution in [3.8, 4) is 0 Å². The molecular formula is C9H11N5OS. The standard InChI is InChI=1S/C9H11N5OS/c10-9-14-7(5-16-9)1-8(15)11-2-6-3-12-13-4-6/h3-5H,1-2H2,(H2,10,14)(H,11,15)(H,12,13). The molecule has 0 saturated carbocycles. The van der Waals surface area contributed by atoms with Gasteiger partial charge < -0.3 is 11.1 Å². The highest BCUT2D eigenvalue weighted by molar-refractivity contribution is 7.13. The Morgan fingerprint density at radius 1 is 1.62 bits per heavy atom. The summed E-state index contributed by atoms with van der Waals surface area (Å²) in [6, 6.07) is 0. The highest BCUT2D eigenvalue weighted by Gasteiger charge is 2.06. The van der Waals surface area contributed by atoms with Gasteiger partial charge in [0.15, 0.2) is 5.13 Å². The molecule has 0 aliphatic carbocycles. The van der Waals surface area contributed by atoms with E-state index in [4.69, 9.17) is 5.73 Å². The number of aromatic nitrogens is 3. The summed E-state index contributed by atoms with van der Waals surface area (Å²) in [6.45, 7) is 0.467. The van der Waals surface area contributed by atoms with Crippen LogP contribution in [-0.2, 0) is 17.8 Å². The lowest BCUT2D eigenvalue weighted by atomic mass is 10.3. The minimum atomic E-state index is -0.0773. The molecule has 16 heavy (non-hydrogen) atoms. The number of hydrogen-bond donors (Lipinski definition) is 3. The number of carbonyl (C=O) groups is 1. The molecule has 0 fully saturated rings. The molecule has 2 aromatic heterocycles. The predicted octanol–water partition coefficient (Wildman–Crippen LogP) is 0.307. The number of carbonyl (C=O) groups excluding carboxylic acids is 1. The van der Waals surface area contributed by atoms with Crippen LogP contribution >= 0.6 is 11.3 Å². The van der Waals surface area contributed by atoms with E-state index in [9.17, 15) is 4.79 Å². The smallest absolute Gasteiger partial charge is 0.226 e. The van der Waals surface area contributed by atoms with Gasteiger partial charge in [-0.25, -0.2) is 4.98 Å². The van der Waals surface area contributed by atoms with Crippen LogP contribution < -0.4 is 11.1 Å². The number of thiazole rings is 1. The quantitative estimate of drug-likeness (QED) is 0.712. The molecule has 84 valence electrons. The van der Waals surface area contributed by atoms with Crippen molar-refractivity contribution in [2.75, 3.05) is 5.73 Å². The highest BCUT2D eigenvalue weighted by Crippen LogP contribution is 2.11. The monoisotopic (exact) mass is 237 g/mol. The van der Waals surface area contributed by atoms with Crippen molar-refractivity contribution < 1.29 is 4.79 Å². The average molecular weight is 237 g/mol. The zero-order valence-corrected chi connectivity index (χ0v) is 9.25. The lowest BCUT2D eigenvalue weighted by molar-refractivity contribution is -0.120. The first-order chi connectivity index (χ1) is 7.74. The van der Waals surface area contributed by atoms with Crippen molar-refractivity contribution in [1.29, 1.82) is 0 Å². The van der Waals surface area contributed by atoms with Gasteiger partial charge in [0.25, 0.3) is 0 Å². The van der Waals surface area contributed by atoms with Gasteiger partial charge >= 0.3 is 0 Å². The number of aromatic amines is 1. The molecule has 2 heterocycles. The van der Waals surface area contributed by atoms with Gasteiger partial charge in [-0.3, -0.25) is 9.89 Å². The van der Waals surface area contributed by atoms with Crippen LogP contribution in [0.1, 0.15) is 11.3 Å². The largest absolute Gasteiger partial charge is 0.375 e. The number of rotatable bonds is 4. The Morgan fingerprint density at radius 3 is 3.12 bits per heavy atom. The van der Waals surface area contributed by atoms with Crippen molar-refractivity contribution >= 4 is 22.4 Å². The van der Waals surface area contributed by atoms with Crippen molar-refractivity contribution in [1.82, 2.24) is 20.5 Å². The molecule has 6 nitrogen and oxygen atoms in total. The molecule has 0 aromatic carbocycles. The number of hydrogen-bond acceptors (Lipinski definition) is 5. The molecule has 1 amide bonds. The second-order valence-electron chi connectivity index (χ2n) is 3.24. The second kappa shape index (κ2) is 4.75. The van der Waals surface area contributed by atoms with Crippen LogP contribution in [0.2, 0.25) is 0 Å². The molecule has 7 heteroatoms. The minimum Gasteiger partial charge on any atom is -0.375 e. The van der Waals surface area contributed by atoms with Crippen LogP contribution in [-0.4, -0.2) is 21.1 Å². The first-order valence-corrected chi connectivity index (χ1v) is 5.56. The molecule has 2 rings (SSSR count). The summed E-state index contributed by atoms with van der Waals surface area (Å²) in [6.07, 6.45) is 3.66. The average Bonchev–Trinajstić information content (AvgIpc) is 2.87. The number of nitrogens with zero attached hydrogens (tertiary/aromatic N) is 2. The molecule has 0 saturated heterocycles. The van der Waals surface area contributed by atoms with Gasteiger partial charge in [-0.1, -0.05) is 0 Å². The van der Waals surface area contributed by atoms with Gasteiger partial charge in [-0.15, -0.1) is 11.3 Å². The maximum Gasteiger partial charge on any atom is 0.226 e. The first-order valence-electron chi connectivity index (χ1n) is 4.68. The summed E-state index contributed by atoms with van der Waals surface area (Å²) in [5, 5.41) is 11.5. The molecule has 0 bridgehead atoms. The molecule has 0 radical (unpaired) electrons. The van der Waals surface area contributed by atoms with E-state index in [2.05, 4.69) is 20.5 Å². The normalized spacial score (nSPS) is 10.2. The molecular weight excluding hydrogens is 226 g/mol. The van der Waals surface area contributed by atoms with Crippen LogP contribution in [0.3, 0.4) is 0 Å². The fourth-order valence-corrected chi connectivity index (χ4v) is 1.77. The maximum atomic E-state index is 11.5. The van der Waals surface area contributed by atoms with Gasteiger partial charge in [-0.2, -0.15) is 5.10 Å². The summed E-state index contributed by atoms with van der Waals surface area (Å²) < 4.78 is 0. The minimum absolute atomic E-state index is 0.0773. The Hall–Kier alpha value is -1.89. The van der Waals surface area contributed by atoms with Crippen molar-refractivity contribution in [2.24, 2.45) is 0 Å². The lowest BCUT2D eigenvalue weighted by Gasteiger charge is -2.01. The Balaban J connectivity index is 1.81. The topological polar surface area (TPSA) is 96.7 Å². The summed E-state index contributed by atoms with van der Waals surface area (Å²) in [5.41, 5.74) is 7.11. The van der Waals surface area contributed by atoms with Crippen LogP contribution in [0, 0.1) is 0 Å². The van der Waals surface area contributed by atoms with Crippen molar-refractivity contribution in [3.63, 3.8) is 0 Å². The number of amides is 1. The molecule has 0 aliphatic rings. The van der Waals surface area contributed by atoms with E-state index in [1.165, 1.54) is 11.3 Å². The summed E-state index contributed by atoms with van der Waals surface area (Å²) >= 11 is 1.33. The number of nitrogens with one attached hydrogen (secondary N) is 2. The lowest BCUT2D eigenvalue weighted by Crippen LogP contribution is -2.24. The second-order valence-corrected chi connectivity index (χ2v) is 4.13. The number of nitrogens with two attached hydrogens (primary N) is 1. The van der Waals surface area contributed by atoms with Crippen LogP contribution in [0.15, 0.2) is 17.8 Å². The Bertz CT molecular complexity index is 464. The van der Waals surface area contributed by atoms with Gasteiger partial charge in [0.2, 0.25) is 5.91 Å². The molecule has 2 aromatic rings. The van der Waals surface area contributed by atoms with E-state index in [1.807, 2.05) is 0 Å². The van der Waals surface area contributed by atoms with Crippen LogP contribution in [0.5, 0.6) is 0 Å². The van der Waals surface area contributed by atoms with Crippen LogP contribution in [0.25, 0.3) is 0 Å². The summed E-state index contributed by atoms with van der Waals surface area (Å²) in [7, 11) is 0. The fraction of sp³-hybridized carbons (Fsp3) is 0.222. The van der Waals surface area contributed by atoms with E-state index in [0.717, 1.165) is 5.56 Å². The number of H-pyrrole nitrogens is 1. The van der Waals surface area contributed by atoms with Gasteiger partial charge in [0.05, 0.1) is 18.3 Å². The Morgan fingerprint density at radius 2 is 2.50 bits per heavy atom. The molecule has 0 atom stereocenters. The molecule has 0 aliphatic heterocycles. The summed E-state index contributed by atoms with van der Waals surface area (Å²) in [5.74, 6) is -0.0773. The SMILES string of the molecule is Nc1nc(CC(=O)NCc2cn[nH]c2)cs1. The van der Waals surface area contributed by atoms with Crippen LogP contribution in [0.4, 0.5) is 5.13 Å². The van der Waals surface area contributed by atoms with Crippen molar-refractivity contribution in [3.05, 3.63) is 29.0 Å². The zero-order chi connectivity index (χ0) is 11.4. The highest BCUT2D eigenvalue weighted by atomic mass is 32.1. The third-order valence-corrected chi connectivity index (χ3v) is 2.68. The van der Waals surface area contributed by atoms with E-state index < -0.39 is 0 Å². The molecule has 0 spiro atoms. The zero-order valence-electron chi connectivity index (χ0n) is 8.43. The van der Waals surface area contributed by atoms with Gasteiger partial charge in [0.1, 0.15) is 0 Å². The third kappa shape index (κ3) is 2.80. The first kappa shape index (κ1) is 10.6. The van der Waals surface area contributed by atoms with E-state index >= 15 is 0 Å². The number of nitrogen functional groups attached to an aromatic ring is 1. The predicted molar refractivity (Wildman–Crippen MR) is 60.7 cm³/mol. The third-order valence-electron chi connectivity index (χ3n) is 1.96. The Kier molecular flexibility index (Phi) is 3.16. The molecule has 0 unspecified atom stereocenters. The number of anilines is 1. The maximum absolute atomic E-state index is 11.5. The van der Waals surface area contributed by atoms with E-state index in [-0.39, 0.29) is 12.3 Å². The van der Waals surface area contributed by atoms with Gasteiger partial charge in [-0.05, 0) is 0 Å². The molecule has 4 N–H and O–H groups in total. The summed E-state index contributed by atoms with van der Waals surface area (Å²) in [4.78, 5) is 15.5. The van der Waals surface area contributed by atoms with Crippen molar-refractivity contribution in [2.45, 2.75) is 13.0 Å².